The quantitative estimate of drug-likeness (QED) is 0.929. The first-order chi connectivity index (χ1) is 10.1. The van der Waals surface area contributed by atoms with Crippen LogP contribution in [0.3, 0.4) is 0 Å². The number of rotatable bonds is 4. The lowest BCUT2D eigenvalue weighted by Gasteiger charge is -2.23. The van der Waals surface area contributed by atoms with Crippen LogP contribution in [0.5, 0.6) is 5.75 Å². The maximum atomic E-state index is 14.2. The molecule has 112 valence electrons. The molecule has 0 fully saturated rings. The molecule has 0 saturated carbocycles. The number of nitrogens with zero attached hydrogens (tertiary/aromatic N) is 3. The minimum atomic E-state index is -0.225. The summed E-state index contributed by atoms with van der Waals surface area (Å²) in [5.41, 5.74) is 8.65. The van der Waals surface area contributed by atoms with E-state index >= 15 is 0 Å². The number of nitrogens with two attached hydrogens (primary N) is 1. The van der Waals surface area contributed by atoms with E-state index in [1.165, 1.54) is 6.07 Å². The molecule has 0 aliphatic carbocycles. The second-order valence-electron chi connectivity index (χ2n) is 5.36. The van der Waals surface area contributed by atoms with Gasteiger partial charge in [-0.1, -0.05) is 0 Å². The van der Waals surface area contributed by atoms with E-state index in [2.05, 4.69) is 10.00 Å². The van der Waals surface area contributed by atoms with Crippen molar-refractivity contribution in [3.8, 4) is 5.75 Å². The normalized spacial score (nSPS) is 18.0. The second kappa shape index (κ2) is 5.46. The maximum Gasteiger partial charge on any atom is 0.131 e. The first kappa shape index (κ1) is 14.0. The van der Waals surface area contributed by atoms with Crippen LogP contribution in [0.1, 0.15) is 22.7 Å². The average Bonchev–Trinajstić information content (AvgIpc) is 3.02. The number of fused-ring (bicyclic) bond motifs is 1. The highest BCUT2D eigenvalue weighted by Gasteiger charge is 2.32. The molecule has 0 radical (unpaired) electrons. The van der Waals surface area contributed by atoms with Crippen molar-refractivity contribution in [3.63, 3.8) is 0 Å². The number of methoxy groups -OCH3 is 1. The van der Waals surface area contributed by atoms with Crippen molar-refractivity contribution < 1.29 is 9.13 Å². The average molecular weight is 290 g/mol. The Hall–Kier alpha value is -1.92. The van der Waals surface area contributed by atoms with Crippen molar-refractivity contribution >= 4 is 0 Å². The lowest BCUT2D eigenvalue weighted by atomic mass is 10.0. The van der Waals surface area contributed by atoms with Gasteiger partial charge in [-0.3, -0.25) is 9.58 Å². The van der Waals surface area contributed by atoms with E-state index in [4.69, 9.17) is 10.5 Å². The second-order valence-corrected chi connectivity index (χ2v) is 5.36. The first-order valence-electron chi connectivity index (χ1n) is 6.90. The van der Waals surface area contributed by atoms with Gasteiger partial charge in [-0.15, -0.1) is 0 Å². The monoisotopic (exact) mass is 290 g/mol. The molecule has 1 aromatic heterocycles. The van der Waals surface area contributed by atoms with Crippen LogP contribution in [0.15, 0.2) is 24.5 Å². The summed E-state index contributed by atoms with van der Waals surface area (Å²) in [6.07, 6.45) is 3.79. The minimum absolute atomic E-state index is 0.00445. The van der Waals surface area contributed by atoms with Gasteiger partial charge >= 0.3 is 0 Å². The third kappa shape index (κ3) is 2.52. The van der Waals surface area contributed by atoms with Gasteiger partial charge in [0.2, 0.25) is 0 Å². The summed E-state index contributed by atoms with van der Waals surface area (Å²) in [5.74, 6) is 0.310. The molecule has 0 amide bonds. The van der Waals surface area contributed by atoms with Crippen molar-refractivity contribution in [2.45, 2.75) is 19.1 Å². The molecule has 0 spiro atoms. The Kier molecular flexibility index (Phi) is 3.65. The molecular formula is C15H19FN4O. The molecule has 1 aliphatic rings. The standard InChI is InChI=1S/C15H19FN4O/c1-19-7-10(6-18-19)8-20-9-13-12(15(20)5-17)3-11(21-2)4-14(13)16/h3-4,6-7,15H,5,8-9,17H2,1-2H3. The van der Waals surface area contributed by atoms with Gasteiger partial charge in [-0.25, -0.2) is 4.39 Å². The van der Waals surface area contributed by atoms with E-state index in [1.807, 2.05) is 25.5 Å². The Morgan fingerprint density at radius 3 is 2.90 bits per heavy atom. The van der Waals surface area contributed by atoms with Gasteiger partial charge in [-0.2, -0.15) is 5.10 Å². The van der Waals surface area contributed by atoms with Crippen LogP contribution in [-0.4, -0.2) is 28.3 Å². The van der Waals surface area contributed by atoms with Gasteiger partial charge in [0.05, 0.1) is 13.3 Å². The molecule has 3 rings (SSSR count). The largest absolute Gasteiger partial charge is 0.497 e. The predicted octanol–water partition coefficient (Wildman–Crippen LogP) is 1.58. The zero-order valence-corrected chi connectivity index (χ0v) is 12.2. The molecule has 2 heterocycles. The summed E-state index contributed by atoms with van der Waals surface area (Å²) in [5, 5.41) is 4.17. The molecule has 6 heteroatoms. The highest BCUT2D eigenvalue weighted by atomic mass is 19.1. The van der Waals surface area contributed by atoms with E-state index in [9.17, 15) is 4.39 Å². The van der Waals surface area contributed by atoms with Crippen molar-refractivity contribution in [2.24, 2.45) is 12.8 Å². The number of hydrogen-bond acceptors (Lipinski definition) is 4. The zero-order chi connectivity index (χ0) is 15.0. The van der Waals surface area contributed by atoms with Gasteiger partial charge in [0, 0.05) is 56.1 Å². The Morgan fingerprint density at radius 1 is 1.48 bits per heavy atom. The van der Waals surface area contributed by atoms with Gasteiger partial charge in [0.15, 0.2) is 0 Å². The minimum Gasteiger partial charge on any atom is -0.497 e. The van der Waals surface area contributed by atoms with Gasteiger partial charge < -0.3 is 10.5 Å². The SMILES string of the molecule is COc1cc(F)c2c(c1)C(CN)N(Cc1cnn(C)c1)C2. The highest BCUT2D eigenvalue weighted by molar-refractivity contribution is 5.42. The van der Waals surface area contributed by atoms with Crippen LogP contribution in [0.2, 0.25) is 0 Å². The van der Waals surface area contributed by atoms with E-state index < -0.39 is 0 Å². The third-order valence-electron chi connectivity index (χ3n) is 3.97. The molecule has 21 heavy (non-hydrogen) atoms. The lowest BCUT2D eigenvalue weighted by Crippen LogP contribution is -2.27. The number of aryl methyl sites for hydroxylation is 1. The van der Waals surface area contributed by atoms with Crippen LogP contribution < -0.4 is 10.5 Å². The van der Waals surface area contributed by atoms with Crippen LogP contribution in [0.4, 0.5) is 4.39 Å². The number of hydrogen-bond donors (Lipinski definition) is 1. The first-order valence-corrected chi connectivity index (χ1v) is 6.90. The fourth-order valence-electron chi connectivity index (χ4n) is 2.95. The Bertz CT molecular complexity index is 655. The molecule has 2 N–H and O–H groups in total. The van der Waals surface area contributed by atoms with Crippen LogP contribution in [0.25, 0.3) is 0 Å². The van der Waals surface area contributed by atoms with Gasteiger partial charge in [-0.05, 0) is 11.6 Å². The van der Waals surface area contributed by atoms with Crippen LogP contribution >= 0.6 is 0 Å². The summed E-state index contributed by atoms with van der Waals surface area (Å²) < 4.78 is 21.1. The van der Waals surface area contributed by atoms with E-state index in [-0.39, 0.29) is 11.9 Å². The number of aromatic nitrogens is 2. The summed E-state index contributed by atoms with van der Waals surface area (Å²) in [6, 6.07) is 3.32. The molecule has 2 aromatic rings. The van der Waals surface area contributed by atoms with Crippen molar-refractivity contribution in [1.82, 2.24) is 14.7 Å². The summed E-state index contributed by atoms with van der Waals surface area (Å²) in [6.45, 7) is 1.70. The van der Waals surface area contributed by atoms with E-state index in [1.54, 1.807) is 11.8 Å². The van der Waals surface area contributed by atoms with Crippen molar-refractivity contribution in [2.75, 3.05) is 13.7 Å². The Morgan fingerprint density at radius 2 is 2.29 bits per heavy atom. The van der Waals surface area contributed by atoms with Gasteiger partial charge in [0.1, 0.15) is 11.6 Å². The van der Waals surface area contributed by atoms with E-state index in [0.717, 1.165) is 16.7 Å². The van der Waals surface area contributed by atoms with E-state index in [0.29, 0.717) is 25.4 Å². The van der Waals surface area contributed by atoms with Crippen molar-refractivity contribution in [1.29, 1.82) is 0 Å². The smallest absolute Gasteiger partial charge is 0.131 e. The molecule has 1 aliphatic heterocycles. The van der Waals surface area contributed by atoms with Crippen molar-refractivity contribution in [3.05, 3.63) is 47.0 Å². The summed E-state index contributed by atoms with van der Waals surface area (Å²) in [4.78, 5) is 2.17. The third-order valence-corrected chi connectivity index (χ3v) is 3.97. The summed E-state index contributed by atoms with van der Waals surface area (Å²) >= 11 is 0. The lowest BCUT2D eigenvalue weighted by molar-refractivity contribution is 0.210. The number of ether oxygens (including phenoxy) is 1. The molecule has 5 nitrogen and oxygen atoms in total. The van der Waals surface area contributed by atoms with Crippen LogP contribution in [0, 0.1) is 5.82 Å². The highest BCUT2D eigenvalue weighted by Crippen LogP contribution is 2.37. The Balaban J connectivity index is 1.90. The van der Waals surface area contributed by atoms with Crippen LogP contribution in [-0.2, 0) is 20.1 Å². The predicted molar refractivity (Wildman–Crippen MR) is 77.2 cm³/mol. The maximum absolute atomic E-state index is 14.2. The molecule has 1 atom stereocenters. The Labute approximate surface area is 123 Å². The molecule has 1 aromatic carbocycles. The topological polar surface area (TPSA) is 56.3 Å². The van der Waals surface area contributed by atoms with Gasteiger partial charge in [0.25, 0.3) is 0 Å². The number of halogens is 1. The molecular weight excluding hydrogens is 271 g/mol. The molecule has 1 unspecified atom stereocenters. The summed E-state index contributed by atoms with van der Waals surface area (Å²) in [7, 11) is 3.42. The number of benzene rings is 1. The fraction of sp³-hybridized carbons (Fsp3) is 0.400. The zero-order valence-electron chi connectivity index (χ0n) is 12.2. The molecule has 0 saturated heterocycles. The molecule has 0 bridgehead atoms. The fourth-order valence-corrected chi connectivity index (χ4v) is 2.95.